The normalized spacial score (nSPS) is 13.6. The van der Waals surface area contributed by atoms with Crippen LogP contribution in [0.4, 0.5) is 0 Å². The molecule has 0 radical (unpaired) electrons. The minimum Gasteiger partial charge on any atom is -0.462 e. The van der Waals surface area contributed by atoms with E-state index in [0.717, 1.165) is 83.5 Å². The van der Waals surface area contributed by atoms with Crippen LogP contribution in [0.25, 0.3) is 0 Å². The Labute approximate surface area is 397 Å². The molecule has 0 aromatic rings. The Morgan fingerprint density at radius 1 is 0.453 bits per heavy atom. The van der Waals surface area contributed by atoms with Crippen molar-refractivity contribution in [3.8, 4) is 0 Å². The summed E-state index contributed by atoms with van der Waals surface area (Å²) in [6.07, 6.45) is 64.3. The zero-order valence-corrected chi connectivity index (χ0v) is 42.4. The molecule has 0 saturated carbocycles. The number of unbranched alkanes of at least 4 members (excludes halogenated alkanes) is 27. The molecule has 64 heavy (non-hydrogen) atoms. The highest BCUT2D eigenvalue weighted by Crippen LogP contribution is 2.17. The molecule has 0 rings (SSSR count). The smallest absolute Gasteiger partial charge is 0.306 e. The summed E-state index contributed by atoms with van der Waals surface area (Å²) in [6, 6.07) is -0.718. The fourth-order valence-electron chi connectivity index (χ4n) is 8.12. The highest BCUT2D eigenvalue weighted by Gasteiger charge is 2.24. The molecule has 0 bridgehead atoms. The molecule has 0 aromatic carbocycles. The van der Waals surface area contributed by atoms with Gasteiger partial charge in [-0.15, -0.1) is 0 Å². The lowest BCUT2D eigenvalue weighted by Gasteiger charge is -2.24. The molecule has 3 unspecified atom stereocenters. The van der Waals surface area contributed by atoms with Crippen molar-refractivity contribution in [3.05, 3.63) is 60.8 Å². The summed E-state index contributed by atoms with van der Waals surface area (Å²) in [4.78, 5) is 26.2. The number of aliphatic hydroxyl groups excluding tert-OH is 2. The van der Waals surface area contributed by atoms with Crippen LogP contribution in [0, 0.1) is 0 Å². The van der Waals surface area contributed by atoms with Gasteiger partial charge < -0.3 is 20.3 Å². The Kier molecular flexibility index (Phi) is 49.6. The quantitative estimate of drug-likeness (QED) is 0.0321. The van der Waals surface area contributed by atoms with Crippen molar-refractivity contribution in [2.24, 2.45) is 0 Å². The number of ether oxygens (including phenoxy) is 1. The van der Waals surface area contributed by atoms with Crippen molar-refractivity contribution >= 4 is 11.9 Å². The molecule has 0 aliphatic heterocycles. The Bertz CT molecular complexity index is 1140. The topological polar surface area (TPSA) is 95.9 Å². The number of carbonyl (C=O) groups excluding carboxylic acids is 2. The minimum atomic E-state index is -0.801. The molecule has 0 saturated heterocycles. The molecule has 3 N–H and O–H groups in total. The monoisotopic (exact) mass is 896 g/mol. The zero-order valence-electron chi connectivity index (χ0n) is 42.4. The second-order valence-electron chi connectivity index (χ2n) is 18.6. The van der Waals surface area contributed by atoms with Gasteiger partial charge in [0.2, 0.25) is 5.91 Å². The van der Waals surface area contributed by atoms with E-state index in [4.69, 9.17) is 4.74 Å². The maximum absolute atomic E-state index is 13.2. The summed E-state index contributed by atoms with van der Waals surface area (Å²) >= 11 is 0. The molecule has 1 amide bonds. The highest BCUT2D eigenvalue weighted by molar-refractivity contribution is 5.77. The van der Waals surface area contributed by atoms with Gasteiger partial charge in [0.25, 0.3) is 0 Å². The molecule has 0 aliphatic rings. The van der Waals surface area contributed by atoms with Gasteiger partial charge in [0.05, 0.1) is 25.2 Å². The lowest BCUT2D eigenvalue weighted by molar-refractivity contribution is -0.151. The number of esters is 1. The minimum absolute atomic E-state index is 0.0431. The molecule has 6 nitrogen and oxygen atoms in total. The average molecular weight is 896 g/mol. The molecule has 3 atom stereocenters. The van der Waals surface area contributed by atoms with Crippen molar-refractivity contribution in [2.75, 3.05) is 6.61 Å². The largest absolute Gasteiger partial charge is 0.462 e. The van der Waals surface area contributed by atoms with Crippen molar-refractivity contribution in [1.29, 1.82) is 0 Å². The van der Waals surface area contributed by atoms with E-state index < -0.39 is 18.2 Å². The van der Waals surface area contributed by atoms with E-state index in [1.807, 2.05) is 0 Å². The first-order valence-electron chi connectivity index (χ1n) is 27.5. The van der Waals surface area contributed by atoms with E-state index in [-0.39, 0.29) is 24.9 Å². The fourth-order valence-corrected chi connectivity index (χ4v) is 8.12. The van der Waals surface area contributed by atoms with E-state index in [2.05, 4.69) is 86.8 Å². The summed E-state index contributed by atoms with van der Waals surface area (Å²) in [5.41, 5.74) is 0. The number of carbonyl (C=O) groups is 2. The number of allylic oxidation sites excluding steroid dienone is 10. The molecule has 0 fully saturated rings. The molecule has 0 heterocycles. The number of hydrogen-bond donors (Lipinski definition) is 3. The first kappa shape index (κ1) is 61.6. The second-order valence-corrected chi connectivity index (χ2v) is 18.6. The molecule has 6 heteroatoms. The average Bonchev–Trinajstić information content (AvgIpc) is 3.29. The SMILES string of the molecule is CCCCC/C=C\C/C=C\C/C=C\C/C=C\CCCCCC(=O)OC(CCC/C=C\CCCCCCCC)CC(=O)NC(CO)C(O)CCCCCCCCCCCCCCCCC. The zero-order chi connectivity index (χ0) is 46.7. The van der Waals surface area contributed by atoms with Crippen molar-refractivity contribution in [3.63, 3.8) is 0 Å². The molecule has 0 aliphatic carbocycles. The second kappa shape index (κ2) is 51.5. The highest BCUT2D eigenvalue weighted by atomic mass is 16.5. The molecular weight excluding hydrogens is 791 g/mol. The molecule has 0 spiro atoms. The lowest BCUT2D eigenvalue weighted by atomic mass is 10.0. The third kappa shape index (κ3) is 46.1. The van der Waals surface area contributed by atoms with Gasteiger partial charge in [-0.1, -0.05) is 229 Å². The van der Waals surface area contributed by atoms with Crippen molar-refractivity contribution in [1.82, 2.24) is 5.32 Å². The van der Waals surface area contributed by atoms with Gasteiger partial charge in [0, 0.05) is 6.42 Å². The summed E-state index contributed by atoms with van der Waals surface area (Å²) in [6.45, 7) is 6.44. The van der Waals surface area contributed by atoms with Crippen LogP contribution in [0.1, 0.15) is 271 Å². The maximum atomic E-state index is 13.2. The van der Waals surface area contributed by atoms with E-state index in [1.54, 1.807) is 0 Å². The maximum Gasteiger partial charge on any atom is 0.306 e. The predicted molar refractivity (Wildman–Crippen MR) is 278 cm³/mol. The van der Waals surface area contributed by atoms with Crippen LogP contribution in [0.2, 0.25) is 0 Å². The van der Waals surface area contributed by atoms with Crippen molar-refractivity contribution < 1.29 is 24.5 Å². The third-order valence-corrected chi connectivity index (χ3v) is 12.3. The van der Waals surface area contributed by atoms with E-state index in [1.165, 1.54) is 141 Å². The van der Waals surface area contributed by atoms with Crippen molar-refractivity contribution in [2.45, 2.75) is 289 Å². The van der Waals surface area contributed by atoms with Gasteiger partial charge in [-0.2, -0.15) is 0 Å². The first-order valence-corrected chi connectivity index (χ1v) is 27.5. The van der Waals surface area contributed by atoms with Crippen LogP contribution in [-0.4, -0.2) is 46.9 Å². The van der Waals surface area contributed by atoms with Gasteiger partial charge in [0.15, 0.2) is 0 Å². The lowest BCUT2D eigenvalue weighted by Crippen LogP contribution is -2.46. The van der Waals surface area contributed by atoms with Gasteiger partial charge >= 0.3 is 5.97 Å². The van der Waals surface area contributed by atoms with Crippen LogP contribution in [0.3, 0.4) is 0 Å². The van der Waals surface area contributed by atoms with E-state index >= 15 is 0 Å². The van der Waals surface area contributed by atoms with Gasteiger partial charge in [-0.25, -0.2) is 0 Å². The number of amides is 1. The van der Waals surface area contributed by atoms with Crippen LogP contribution in [0.5, 0.6) is 0 Å². The van der Waals surface area contributed by atoms with Gasteiger partial charge in [-0.05, 0) is 89.9 Å². The van der Waals surface area contributed by atoms with Gasteiger partial charge in [-0.3, -0.25) is 9.59 Å². The summed E-state index contributed by atoms with van der Waals surface area (Å²) in [5.74, 6) is -0.536. The molecule has 0 aromatic heterocycles. The summed E-state index contributed by atoms with van der Waals surface area (Å²) in [7, 11) is 0. The van der Waals surface area contributed by atoms with E-state index in [0.29, 0.717) is 19.3 Å². The standard InChI is InChI=1S/C58H105NO5/c1-4-7-10-13-16-19-22-24-26-27-28-29-31-33-36-39-42-45-48-51-58(63)64-54(49-46-43-40-37-34-21-18-15-12-9-6-3)52-57(62)59-55(53-60)56(61)50-47-44-41-38-35-32-30-25-23-20-17-14-11-8-5-2/h16,19,24,26,28-29,33,36-37,40,54-56,60-61H,4-15,17-18,20-23,25,27,30-32,34-35,38-39,41-53H2,1-3H3,(H,59,62)/b19-16-,26-24-,29-28-,36-33-,40-37-. The number of hydrogen-bond acceptors (Lipinski definition) is 5. The Morgan fingerprint density at radius 2 is 0.812 bits per heavy atom. The van der Waals surface area contributed by atoms with Gasteiger partial charge in [0.1, 0.15) is 6.10 Å². The summed E-state index contributed by atoms with van der Waals surface area (Å²) < 4.78 is 5.91. The van der Waals surface area contributed by atoms with Crippen LogP contribution in [-0.2, 0) is 14.3 Å². The molecular formula is C58H105NO5. The van der Waals surface area contributed by atoms with Crippen LogP contribution in [0.15, 0.2) is 60.8 Å². The fraction of sp³-hybridized carbons (Fsp3) is 0.793. The Morgan fingerprint density at radius 3 is 1.28 bits per heavy atom. The van der Waals surface area contributed by atoms with E-state index in [9.17, 15) is 19.8 Å². The predicted octanol–water partition coefficient (Wildman–Crippen LogP) is 16.8. The molecule has 372 valence electrons. The number of nitrogens with one attached hydrogen (secondary N) is 1. The third-order valence-electron chi connectivity index (χ3n) is 12.3. The summed E-state index contributed by atoms with van der Waals surface area (Å²) in [5, 5.41) is 23.8. The Balaban J connectivity index is 4.57. The van der Waals surface area contributed by atoms with Crippen LogP contribution < -0.4 is 5.32 Å². The number of rotatable bonds is 49. The first-order chi connectivity index (χ1) is 31.5. The van der Waals surface area contributed by atoms with Crippen LogP contribution >= 0.6 is 0 Å². The number of aliphatic hydroxyl groups is 2. The Hall–Kier alpha value is -2.44.